The van der Waals surface area contributed by atoms with Gasteiger partial charge in [0.15, 0.2) is 5.65 Å². The molecule has 126 valence electrons. The van der Waals surface area contributed by atoms with Gasteiger partial charge in [-0.25, -0.2) is 9.50 Å². The van der Waals surface area contributed by atoms with Crippen LogP contribution >= 0.6 is 12.4 Å². The highest BCUT2D eigenvalue weighted by Gasteiger charge is 2.25. The van der Waals surface area contributed by atoms with Gasteiger partial charge in [-0.1, -0.05) is 19.3 Å². The van der Waals surface area contributed by atoms with Crippen molar-refractivity contribution < 1.29 is 4.79 Å². The number of hydrogen-bond donors (Lipinski definition) is 2. The number of aryl methyl sites for hydroxylation is 1. The molecule has 3 N–H and O–H groups in total. The van der Waals surface area contributed by atoms with E-state index in [-0.39, 0.29) is 24.4 Å². The predicted octanol–water partition coefficient (Wildman–Crippen LogP) is 2.10. The lowest BCUT2D eigenvalue weighted by Gasteiger charge is -2.29. The maximum Gasteiger partial charge on any atom is 0.257 e. The molecule has 1 aliphatic rings. The molecule has 0 spiro atoms. The zero-order chi connectivity index (χ0) is 15.5. The Balaban J connectivity index is 0.00000192. The summed E-state index contributed by atoms with van der Waals surface area (Å²) in [5.74, 6) is 0.355. The lowest BCUT2D eigenvalue weighted by Crippen LogP contribution is -2.45. The molecule has 1 aliphatic carbocycles. The van der Waals surface area contributed by atoms with Gasteiger partial charge in [-0.15, -0.1) is 12.4 Å². The largest absolute Gasteiger partial charge is 0.348 e. The van der Waals surface area contributed by atoms with Crippen LogP contribution in [-0.2, 0) is 0 Å². The maximum atomic E-state index is 12.6. The van der Waals surface area contributed by atoms with E-state index in [9.17, 15) is 4.79 Å². The van der Waals surface area contributed by atoms with E-state index in [1.807, 2.05) is 19.2 Å². The van der Waals surface area contributed by atoms with E-state index in [4.69, 9.17) is 5.73 Å². The van der Waals surface area contributed by atoms with E-state index in [2.05, 4.69) is 15.4 Å². The first-order valence-electron chi connectivity index (χ1n) is 8.01. The Kier molecular flexibility index (Phi) is 5.96. The number of rotatable bonds is 4. The van der Waals surface area contributed by atoms with Crippen LogP contribution in [0, 0.1) is 12.8 Å². The molecule has 1 saturated carbocycles. The average Bonchev–Trinajstić information content (AvgIpc) is 2.96. The molecule has 23 heavy (non-hydrogen) atoms. The Morgan fingerprint density at radius 1 is 1.43 bits per heavy atom. The Labute approximate surface area is 142 Å². The third kappa shape index (κ3) is 3.82. The standard InChI is InChI=1S/C16H23N5O.ClH/c1-11-7-8-21-15(19-11)13(10-18-21)16(22)20-14(9-17)12-5-3-2-4-6-12;/h7-8,10,12,14H,2-6,9,17H2,1H3,(H,20,22);1H. The molecule has 7 heteroatoms. The van der Waals surface area contributed by atoms with Crippen LogP contribution in [0.4, 0.5) is 0 Å². The van der Waals surface area contributed by atoms with Gasteiger partial charge in [0, 0.05) is 24.5 Å². The maximum absolute atomic E-state index is 12.6. The molecule has 2 aromatic rings. The number of halogens is 1. The third-order valence-electron chi connectivity index (χ3n) is 4.54. The van der Waals surface area contributed by atoms with Crippen LogP contribution in [0.25, 0.3) is 5.65 Å². The topological polar surface area (TPSA) is 85.3 Å². The molecular formula is C16H24ClN5O. The fourth-order valence-corrected chi connectivity index (χ4v) is 3.27. The van der Waals surface area contributed by atoms with Crippen molar-refractivity contribution in [3.05, 3.63) is 29.7 Å². The molecule has 1 amide bonds. The summed E-state index contributed by atoms with van der Waals surface area (Å²) in [5, 5.41) is 7.28. The average molecular weight is 338 g/mol. The van der Waals surface area contributed by atoms with Crippen LogP contribution in [0.1, 0.15) is 48.2 Å². The lowest BCUT2D eigenvalue weighted by atomic mass is 9.84. The van der Waals surface area contributed by atoms with Gasteiger partial charge >= 0.3 is 0 Å². The molecule has 1 atom stereocenters. The number of aromatic nitrogens is 3. The van der Waals surface area contributed by atoms with Crippen molar-refractivity contribution in [1.29, 1.82) is 0 Å². The van der Waals surface area contributed by atoms with Crippen LogP contribution in [0.2, 0.25) is 0 Å². The number of nitrogens with one attached hydrogen (secondary N) is 1. The number of hydrogen-bond acceptors (Lipinski definition) is 4. The summed E-state index contributed by atoms with van der Waals surface area (Å²) < 4.78 is 1.62. The fourth-order valence-electron chi connectivity index (χ4n) is 3.27. The summed E-state index contributed by atoms with van der Waals surface area (Å²) in [6.45, 7) is 2.38. The minimum Gasteiger partial charge on any atom is -0.348 e. The Hall–Kier alpha value is -1.66. The van der Waals surface area contributed by atoms with Crippen LogP contribution in [-0.4, -0.2) is 33.1 Å². The van der Waals surface area contributed by atoms with E-state index >= 15 is 0 Å². The Morgan fingerprint density at radius 3 is 2.87 bits per heavy atom. The SMILES string of the molecule is Cc1ccn2ncc(C(=O)NC(CN)C3CCCCC3)c2n1.Cl. The lowest BCUT2D eigenvalue weighted by molar-refractivity contribution is 0.0917. The summed E-state index contributed by atoms with van der Waals surface area (Å²) in [6.07, 6.45) is 9.44. The smallest absolute Gasteiger partial charge is 0.257 e. The Morgan fingerprint density at radius 2 is 2.17 bits per heavy atom. The van der Waals surface area contributed by atoms with Crippen LogP contribution in [0.15, 0.2) is 18.5 Å². The highest BCUT2D eigenvalue weighted by Crippen LogP contribution is 2.26. The van der Waals surface area contributed by atoms with Gasteiger partial charge in [0.1, 0.15) is 5.56 Å². The molecule has 0 aliphatic heterocycles. The molecule has 2 aromatic heterocycles. The second-order valence-corrected chi connectivity index (χ2v) is 6.11. The normalized spacial score (nSPS) is 16.8. The molecule has 0 radical (unpaired) electrons. The van der Waals surface area contributed by atoms with Crippen LogP contribution in [0.3, 0.4) is 0 Å². The van der Waals surface area contributed by atoms with Crippen molar-refractivity contribution in [2.24, 2.45) is 11.7 Å². The van der Waals surface area contributed by atoms with Crippen molar-refractivity contribution in [1.82, 2.24) is 19.9 Å². The zero-order valence-corrected chi connectivity index (χ0v) is 14.2. The van der Waals surface area contributed by atoms with E-state index in [0.717, 1.165) is 18.5 Å². The van der Waals surface area contributed by atoms with Crippen molar-refractivity contribution >= 4 is 24.0 Å². The summed E-state index contributed by atoms with van der Waals surface area (Å²) in [5.41, 5.74) is 7.86. The molecule has 1 unspecified atom stereocenters. The molecular weight excluding hydrogens is 314 g/mol. The fraction of sp³-hybridized carbons (Fsp3) is 0.562. The molecule has 1 fully saturated rings. The monoisotopic (exact) mass is 337 g/mol. The predicted molar refractivity (Wildman–Crippen MR) is 91.9 cm³/mol. The molecule has 0 bridgehead atoms. The highest BCUT2D eigenvalue weighted by atomic mass is 35.5. The van der Waals surface area contributed by atoms with E-state index in [1.165, 1.54) is 19.3 Å². The van der Waals surface area contributed by atoms with Gasteiger partial charge in [-0.3, -0.25) is 4.79 Å². The first kappa shape index (κ1) is 17.7. The number of fused-ring (bicyclic) bond motifs is 1. The van der Waals surface area contributed by atoms with Gasteiger partial charge < -0.3 is 11.1 Å². The second-order valence-electron chi connectivity index (χ2n) is 6.11. The van der Waals surface area contributed by atoms with Crippen LogP contribution < -0.4 is 11.1 Å². The molecule has 2 heterocycles. The summed E-state index contributed by atoms with van der Waals surface area (Å²) in [7, 11) is 0. The number of carbonyl (C=O) groups is 1. The minimum atomic E-state index is -0.130. The molecule has 0 aromatic carbocycles. The quantitative estimate of drug-likeness (QED) is 0.894. The van der Waals surface area contributed by atoms with Gasteiger partial charge in [-0.05, 0) is 31.7 Å². The number of carbonyl (C=O) groups excluding carboxylic acids is 1. The first-order chi connectivity index (χ1) is 10.7. The van der Waals surface area contributed by atoms with Crippen molar-refractivity contribution in [2.45, 2.75) is 45.1 Å². The highest BCUT2D eigenvalue weighted by molar-refractivity contribution is 5.99. The van der Waals surface area contributed by atoms with Gasteiger partial charge in [0.25, 0.3) is 5.91 Å². The van der Waals surface area contributed by atoms with Crippen molar-refractivity contribution in [3.8, 4) is 0 Å². The zero-order valence-electron chi connectivity index (χ0n) is 13.4. The van der Waals surface area contributed by atoms with E-state index in [1.54, 1.807) is 10.7 Å². The van der Waals surface area contributed by atoms with Gasteiger partial charge in [-0.2, -0.15) is 5.10 Å². The molecule has 6 nitrogen and oxygen atoms in total. The van der Waals surface area contributed by atoms with Crippen molar-refractivity contribution in [2.75, 3.05) is 6.54 Å². The van der Waals surface area contributed by atoms with Gasteiger partial charge in [0.05, 0.1) is 6.20 Å². The molecule has 0 saturated heterocycles. The first-order valence-corrected chi connectivity index (χ1v) is 8.01. The number of amides is 1. The van der Waals surface area contributed by atoms with Crippen molar-refractivity contribution in [3.63, 3.8) is 0 Å². The van der Waals surface area contributed by atoms with E-state index in [0.29, 0.717) is 23.7 Å². The Bertz CT molecular complexity index is 666. The second kappa shape index (κ2) is 7.75. The summed E-state index contributed by atoms with van der Waals surface area (Å²) in [6, 6.07) is 1.90. The third-order valence-corrected chi connectivity index (χ3v) is 4.54. The van der Waals surface area contributed by atoms with Crippen LogP contribution in [0.5, 0.6) is 0 Å². The van der Waals surface area contributed by atoms with E-state index < -0.39 is 0 Å². The summed E-state index contributed by atoms with van der Waals surface area (Å²) in [4.78, 5) is 17.0. The minimum absolute atomic E-state index is 0. The number of nitrogens with two attached hydrogens (primary N) is 1. The van der Waals surface area contributed by atoms with Gasteiger partial charge in [0.2, 0.25) is 0 Å². The summed E-state index contributed by atoms with van der Waals surface area (Å²) >= 11 is 0. The number of nitrogens with zero attached hydrogens (tertiary/aromatic N) is 3. The molecule has 3 rings (SSSR count).